The van der Waals surface area contributed by atoms with Gasteiger partial charge in [-0.3, -0.25) is 0 Å². The molecule has 0 fully saturated rings. The molecule has 3 nitrogen and oxygen atoms in total. The maximum atomic E-state index is 11.0. The first-order valence-electron chi connectivity index (χ1n) is 6.02. The minimum absolute atomic E-state index is 0.373. The zero-order valence-corrected chi connectivity index (χ0v) is 9.79. The van der Waals surface area contributed by atoms with E-state index in [0.29, 0.717) is 11.5 Å². The minimum Gasteiger partial charge on any atom is -0.478 e. The van der Waals surface area contributed by atoms with Gasteiger partial charge >= 0.3 is 5.97 Å². The van der Waals surface area contributed by atoms with E-state index in [-0.39, 0.29) is 0 Å². The van der Waals surface area contributed by atoms with E-state index in [9.17, 15) is 4.79 Å². The van der Waals surface area contributed by atoms with Crippen LogP contribution >= 0.6 is 0 Å². The minimum atomic E-state index is -0.856. The predicted molar refractivity (Wildman–Crippen MR) is 66.4 cm³/mol. The fourth-order valence-corrected chi connectivity index (χ4v) is 2.72. The molecule has 1 atom stereocenters. The number of rotatable bonds is 1. The van der Waals surface area contributed by atoms with Crippen LogP contribution in [0.5, 0.6) is 0 Å². The summed E-state index contributed by atoms with van der Waals surface area (Å²) in [5, 5.41) is 10.1. The van der Waals surface area contributed by atoms with Crippen LogP contribution in [-0.2, 0) is 12.8 Å². The Kier molecular flexibility index (Phi) is 2.21. The van der Waals surface area contributed by atoms with Crippen molar-refractivity contribution in [1.29, 1.82) is 0 Å². The van der Waals surface area contributed by atoms with Gasteiger partial charge < -0.3 is 10.1 Å². The molecule has 1 aromatic heterocycles. The van der Waals surface area contributed by atoms with Gasteiger partial charge in [-0.15, -0.1) is 0 Å². The summed E-state index contributed by atoms with van der Waals surface area (Å²) in [5.74, 6) is -0.166. The summed E-state index contributed by atoms with van der Waals surface area (Å²) in [6.07, 6.45) is 3.34. The van der Waals surface area contributed by atoms with Crippen molar-refractivity contribution in [2.75, 3.05) is 0 Å². The Labute approximate surface area is 99.5 Å². The number of benzene rings is 1. The van der Waals surface area contributed by atoms with Crippen molar-refractivity contribution in [1.82, 2.24) is 4.98 Å². The lowest BCUT2D eigenvalue weighted by Gasteiger charge is -2.18. The standard InChI is InChI=1S/C14H15NO2/c1-8-2-4-12-10(6-8)11-7-9(14(16)17)3-5-13(11)15-12/h3,5,7-8,15H,2,4,6H2,1H3,(H,16,17)/t8-/m1/s1. The molecule has 0 amide bonds. The lowest BCUT2D eigenvalue weighted by atomic mass is 9.87. The molecule has 3 rings (SSSR count). The lowest BCUT2D eigenvalue weighted by Crippen LogP contribution is -2.10. The Hall–Kier alpha value is -1.77. The van der Waals surface area contributed by atoms with Crippen molar-refractivity contribution >= 4 is 16.9 Å². The quantitative estimate of drug-likeness (QED) is 0.789. The number of aromatic nitrogens is 1. The van der Waals surface area contributed by atoms with Gasteiger partial charge in [0.15, 0.2) is 0 Å². The zero-order valence-electron chi connectivity index (χ0n) is 9.79. The van der Waals surface area contributed by atoms with Crippen LogP contribution in [0.2, 0.25) is 0 Å². The maximum Gasteiger partial charge on any atom is 0.335 e. The van der Waals surface area contributed by atoms with Gasteiger partial charge in [0.05, 0.1) is 5.56 Å². The first-order chi connectivity index (χ1) is 8.15. The van der Waals surface area contributed by atoms with Crippen LogP contribution in [0, 0.1) is 5.92 Å². The molecule has 0 bridgehead atoms. The number of hydrogen-bond acceptors (Lipinski definition) is 1. The third-order valence-corrected chi connectivity index (χ3v) is 3.68. The first kappa shape index (κ1) is 10.4. The van der Waals surface area contributed by atoms with Crippen molar-refractivity contribution in [3.63, 3.8) is 0 Å². The second kappa shape index (κ2) is 3.62. The van der Waals surface area contributed by atoms with Gasteiger partial charge in [0.1, 0.15) is 0 Å². The highest BCUT2D eigenvalue weighted by atomic mass is 16.4. The third kappa shape index (κ3) is 1.62. The third-order valence-electron chi connectivity index (χ3n) is 3.68. The molecular weight excluding hydrogens is 214 g/mol. The molecule has 88 valence electrons. The summed E-state index contributed by atoms with van der Waals surface area (Å²) in [7, 11) is 0. The Morgan fingerprint density at radius 3 is 3.06 bits per heavy atom. The van der Waals surface area contributed by atoms with E-state index < -0.39 is 5.97 Å². The Balaban J connectivity index is 2.21. The number of aromatic amines is 1. The van der Waals surface area contributed by atoms with Crippen LogP contribution in [0.25, 0.3) is 10.9 Å². The molecule has 3 heteroatoms. The summed E-state index contributed by atoms with van der Waals surface area (Å²) in [6.45, 7) is 2.25. The number of aryl methyl sites for hydroxylation is 1. The smallest absolute Gasteiger partial charge is 0.335 e. The zero-order chi connectivity index (χ0) is 12.0. The molecule has 1 aliphatic carbocycles. The van der Waals surface area contributed by atoms with Crippen molar-refractivity contribution in [2.24, 2.45) is 5.92 Å². The van der Waals surface area contributed by atoms with E-state index in [1.54, 1.807) is 12.1 Å². The molecule has 17 heavy (non-hydrogen) atoms. The summed E-state index contributed by atoms with van der Waals surface area (Å²) in [6, 6.07) is 5.34. The van der Waals surface area contributed by atoms with Gasteiger partial charge in [-0.25, -0.2) is 4.79 Å². The van der Waals surface area contributed by atoms with Crippen LogP contribution in [0.1, 0.15) is 35.0 Å². The molecule has 2 N–H and O–H groups in total. The average Bonchev–Trinajstić information content (AvgIpc) is 2.66. The predicted octanol–water partition coefficient (Wildman–Crippen LogP) is 2.99. The number of aromatic carboxylic acids is 1. The summed E-state index contributed by atoms with van der Waals surface area (Å²) in [5.41, 5.74) is 4.05. The van der Waals surface area contributed by atoms with Gasteiger partial charge in [0, 0.05) is 16.6 Å². The van der Waals surface area contributed by atoms with Crippen LogP contribution in [0.15, 0.2) is 18.2 Å². The number of carboxylic acid groups (broad SMARTS) is 1. The largest absolute Gasteiger partial charge is 0.478 e. The lowest BCUT2D eigenvalue weighted by molar-refractivity contribution is 0.0697. The fourth-order valence-electron chi connectivity index (χ4n) is 2.72. The topological polar surface area (TPSA) is 53.1 Å². The molecule has 0 saturated carbocycles. The molecule has 0 unspecified atom stereocenters. The second-order valence-corrected chi connectivity index (χ2v) is 5.00. The van der Waals surface area contributed by atoms with Crippen molar-refractivity contribution in [3.05, 3.63) is 35.0 Å². The van der Waals surface area contributed by atoms with Crippen molar-refractivity contribution < 1.29 is 9.90 Å². The van der Waals surface area contributed by atoms with Gasteiger partial charge in [-0.1, -0.05) is 6.92 Å². The molecule has 0 radical (unpaired) electrons. The molecule has 2 aromatic rings. The van der Waals surface area contributed by atoms with Crippen LogP contribution in [0.4, 0.5) is 0 Å². The molecule has 0 saturated heterocycles. The Bertz CT molecular complexity index is 598. The molecule has 1 heterocycles. The molecular formula is C14H15NO2. The van der Waals surface area contributed by atoms with Crippen LogP contribution < -0.4 is 0 Å². The van der Waals surface area contributed by atoms with Gasteiger partial charge in [0.2, 0.25) is 0 Å². The van der Waals surface area contributed by atoms with E-state index in [1.165, 1.54) is 17.7 Å². The van der Waals surface area contributed by atoms with E-state index >= 15 is 0 Å². The summed E-state index contributed by atoms with van der Waals surface area (Å²) in [4.78, 5) is 14.4. The highest BCUT2D eigenvalue weighted by molar-refractivity contribution is 5.95. The maximum absolute atomic E-state index is 11.0. The SMILES string of the molecule is C[C@@H]1CCc2[nH]c3ccc(C(=O)O)cc3c2C1. The monoisotopic (exact) mass is 229 g/mol. The number of H-pyrrole nitrogens is 1. The number of carboxylic acids is 1. The van der Waals surface area contributed by atoms with Crippen molar-refractivity contribution in [3.8, 4) is 0 Å². The van der Waals surface area contributed by atoms with Crippen LogP contribution in [-0.4, -0.2) is 16.1 Å². The van der Waals surface area contributed by atoms with Crippen molar-refractivity contribution in [2.45, 2.75) is 26.2 Å². The Morgan fingerprint density at radius 1 is 1.47 bits per heavy atom. The molecule has 1 aliphatic rings. The first-order valence-corrected chi connectivity index (χ1v) is 6.02. The molecule has 0 spiro atoms. The summed E-state index contributed by atoms with van der Waals surface area (Å²) < 4.78 is 0. The van der Waals surface area contributed by atoms with Gasteiger partial charge in [-0.05, 0) is 48.9 Å². The number of hydrogen-bond donors (Lipinski definition) is 2. The normalized spacial score (nSPS) is 19.2. The van der Waals surface area contributed by atoms with Crippen LogP contribution in [0.3, 0.4) is 0 Å². The molecule has 1 aromatic carbocycles. The summed E-state index contributed by atoms with van der Waals surface area (Å²) >= 11 is 0. The van der Waals surface area contributed by atoms with E-state index in [1.807, 2.05) is 6.07 Å². The Morgan fingerprint density at radius 2 is 2.29 bits per heavy atom. The fraction of sp³-hybridized carbons (Fsp3) is 0.357. The van der Waals surface area contributed by atoms with Gasteiger partial charge in [0.25, 0.3) is 0 Å². The number of carbonyl (C=O) groups is 1. The highest BCUT2D eigenvalue weighted by Crippen LogP contribution is 2.32. The van der Waals surface area contributed by atoms with Gasteiger partial charge in [-0.2, -0.15) is 0 Å². The number of fused-ring (bicyclic) bond motifs is 3. The number of nitrogens with one attached hydrogen (secondary N) is 1. The van der Waals surface area contributed by atoms with E-state index in [4.69, 9.17) is 5.11 Å². The second-order valence-electron chi connectivity index (χ2n) is 5.00. The van der Waals surface area contributed by atoms with E-state index in [2.05, 4.69) is 11.9 Å². The highest BCUT2D eigenvalue weighted by Gasteiger charge is 2.20. The molecule has 0 aliphatic heterocycles. The average molecular weight is 229 g/mol. The van der Waals surface area contributed by atoms with E-state index in [0.717, 1.165) is 23.7 Å².